The van der Waals surface area contributed by atoms with Gasteiger partial charge in [-0.2, -0.15) is 18.7 Å². The van der Waals surface area contributed by atoms with Crippen molar-refractivity contribution in [2.75, 3.05) is 6.54 Å². The number of nitrogens with one attached hydrogen (secondary N) is 1. The molecule has 0 unspecified atom stereocenters. The maximum atomic E-state index is 10.6. The van der Waals surface area contributed by atoms with E-state index in [4.69, 9.17) is 15.6 Å². The Morgan fingerprint density at radius 3 is 2.00 bits per heavy atom. The van der Waals surface area contributed by atoms with Gasteiger partial charge in [0.25, 0.3) is 0 Å². The molecule has 18 heavy (non-hydrogen) atoms. The Balaban J connectivity index is 0. The minimum Gasteiger partial charge on any atom is -0.475 e. The summed E-state index contributed by atoms with van der Waals surface area (Å²) in [5, 5.41) is 7.12. The Morgan fingerprint density at radius 2 is 1.72 bits per heavy atom. The number of carboxylic acid groups (broad SMARTS) is 1. The first kappa shape index (κ1) is 18.3. The van der Waals surface area contributed by atoms with Crippen molar-refractivity contribution in [2.24, 2.45) is 11.5 Å². The second-order valence-electron chi connectivity index (χ2n) is 2.64. The lowest BCUT2D eigenvalue weighted by Gasteiger charge is -2.00. The highest BCUT2D eigenvalue weighted by molar-refractivity contribution is 5.75. The van der Waals surface area contributed by atoms with Gasteiger partial charge in [0.15, 0.2) is 0 Å². The van der Waals surface area contributed by atoms with Crippen LogP contribution in [0, 0.1) is 0 Å². The molecule has 0 aliphatic heterocycles. The number of carbonyl (C=O) groups is 3. The molecule has 0 heterocycles. The summed E-state index contributed by atoms with van der Waals surface area (Å²) in [6.45, 7) is 0.408. The van der Waals surface area contributed by atoms with E-state index < -0.39 is 24.1 Å². The SMILES string of the molecule is NCCCC(=O)ONC(N)=O.O=C(O)C(F)(F)F. The van der Waals surface area contributed by atoms with Gasteiger partial charge in [-0.3, -0.25) is 0 Å². The van der Waals surface area contributed by atoms with Crippen molar-refractivity contribution in [3.63, 3.8) is 0 Å². The number of primary amides is 1. The Hall–Kier alpha value is -2.04. The van der Waals surface area contributed by atoms with Crippen LogP contribution in [0.3, 0.4) is 0 Å². The molecule has 8 nitrogen and oxygen atoms in total. The van der Waals surface area contributed by atoms with Gasteiger partial charge in [0.1, 0.15) is 0 Å². The molecule has 0 aromatic heterocycles. The van der Waals surface area contributed by atoms with Crippen molar-refractivity contribution in [1.29, 1.82) is 0 Å². The molecule has 2 amide bonds. The molecule has 6 N–H and O–H groups in total. The lowest BCUT2D eigenvalue weighted by molar-refractivity contribution is -0.192. The summed E-state index contributed by atoms with van der Waals surface area (Å²) in [4.78, 5) is 33.6. The number of urea groups is 1. The van der Waals surface area contributed by atoms with E-state index in [-0.39, 0.29) is 6.42 Å². The highest BCUT2D eigenvalue weighted by atomic mass is 19.4. The summed E-state index contributed by atoms with van der Waals surface area (Å²) in [6.07, 6.45) is -4.38. The van der Waals surface area contributed by atoms with Crippen LogP contribution in [-0.4, -0.2) is 35.8 Å². The third-order valence-electron chi connectivity index (χ3n) is 1.09. The van der Waals surface area contributed by atoms with Crippen molar-refractivity contribution < 1.29 is 37.5 Å². The van der Waals surface area contributed by atoms with E-state index in [1.807, 2.05) is 0 Å². The maximum Gasteiger partial charge on any atom is 0.490 e. The number of halogens is 3. The van der Waals surface area contributed by atoms with Crippen molar-refractivity contribution in [3.8, 4) is 0 Å². The third-order valence-corrected chi connectivity index (χ3v) is 1.09. The standard InChI is InChI=1S/C5H11N3O3.C2HF3O2/c6-3-1-2-4(9)11-8-5(7)10;3-2(4,5)1(6)7/h1-3,6H2,(H3,7,8,10);(H,6,7). The first-order chi connectivity index (χ1) is 8.11. The van der Waals surface area contributed by atoms with Crippen molar-refractivity contribution >= 4 is 18.0 Å². The normalized spacial score (nSPS) is 9.78. The predicted octanol–water partition coefficient (Wildman–Crippen LogP) is -0.515. The molecule has 0 fully saturated rings. The monoisotopic (exact) mass is 275 g/mol. The number of hydroxylamine groups is 1. The highest BCUT2D eigenvalue weighted by Crippen LogP contribution is 2.13. The van der Waals surface area contributed by atoms with Crippen molar-refractivity contribution in [3.05, 3.63) is 0 Å². The molecule has 0 rings (SSSR count). The smallest absolute Gasteiger partial charge is 0.475 e. The molecule has 0 aliphatic rings. The molecule has 0 aromatic rings. The Morgan fingerprint density at radius 1 is 1.28 bits per heavy atom. The zero-order valence-corrected chi connectivity index (χ0v) is 8.99. The number of hydrogen-bond donors (Lipinski definition) is 4. The summed E-state index contributed by atoms with van der Waals surface area (Å²) >= 11 is 0. The summed E-state index contributed by atoms with van der Waals surface area (Å²) in [6, 6.07) is -0.897. The molecule has 0 radical (unpaired) electrons. The molecule has 0 saturated heterocycles. The average Bonchev–Trinajstić information content (AvgIpc) is 2.23. The number of rotatable bonds is 3. The molecule has 106 valence electrons. The van der Waals surface area contributed by atoms with E-state index in [0.717, 1.165) is 0 Å². The Bertz CT molecular complexity index is 295. The van der Waals surface area contributed by atoms with E-state index in [2.05, 4.69) is 10.6 Å². The van der Waals surface area contributed by atoms with Gasteiger partial charge in [0.05, 0.1) is 0 Å². The number of carboxylic acids is 1. The predicted molar refractivity (Wildman–Crippen MR) is 50.8 cm³/mol. The van der Waals surface area contributed by atoms with Crippen LogP contribution in [0.1, 0.15) is 12.8 Å². The van der Waals surface area contributed by atoms with Gasteiger partial charge in [-0.1, -0.05) is 0 Å². The maximum absolute atomic E-state index is 10.6. The fourth-order valence-electron chi connectivity index (χ4n) is 0.405. The zero-order chi connectivity index (χ0) is 14.8. The van der Waals surface area contributed by atoms with Crippen molar-refractivity contribution in [1.82, 2.24) is 5.48 Å². The van der Waals surface area contributed by atoms with E-state index >= 15 is 0 Å². The van der Waals surface area contributed by atoms with Crippen LogP contribution in [0.2, 0.25) is 0 Å². The Kier molecular flexibility index (Phi) is 9.20. The van der Waals surface area contributed by atoms with Crippen LogP contribution >= 0.6 is 0 Å². The van der Waals surface area contributed by atoms with E-state index in [0.29, 0.717) is 13.0 Å². The van der Waals surface area contributed by atoms with Crippen LogP contribution in [0.15, 0.2) is 0 Å². The van der Waals surface area contributed by atoms with Gasteiger partial charge in [0.2, 0.25) is 0 Å². The lowest BCUT2D eigenvalue weighted by atomic mass is 10.3. The van der Waals surface area contributed by atoms with Gasteiger partial charge < -0.3 is 21.4 Å². The number of hydrogen-bond acceptors (Lipinski definition) is 5. The van der Waals surface area contributed by atoms with E-state index in [9.17, 15) is 22.8 Å². The van der Waals surface area contributed by atoms with Crippen LogP contribution in [0.5, 0.6) is 0 Å². The first-order valence-electron chi connectivity index (χ1n) is 4.36. The number of nitrogens with two attached hydrogens (primary N) is 2. The van der Waals surface area contributed by atoms with Gasteiger partial charge in [-0.05, 0) is 13.0 Å². The molecule has 0 aliphatic carbocycles. The second kappa shape index (κ2) is 9.04. The van der Waals surface area contributed by atoms with Gasteiger partial charge in [-0.25, -0.2) is 14.4 Å². The molecular formula is C7H12F3N3O5. The molecule has 0 aromatic carbocycles. The summed E-state index contributed by atoms with van der Waals surface area (Å²) in [5.41, 5.74) is 11.4. The topological polar surface area (TPSA) is 145 Å². The summed E-state index contributed by atoms with van der Waals surface area (Å²) < 4.78 is 31.7. The highest BCUT2D eigenvalue weighted by Gasteiger charge is 2.38. The first-order valence-corrected chi connectivity index (χ1v) is 4.36. The number of aliphatic carboxylic acids is 1. The molecule has 0 spiro atoms. The van der Waals surface area contributed by atoms with Crippen LogP contribution in [0.25, 0.3) is 0 Å². The summed E-state index contributed by atoms with van der Waals surface area (Å²) in [7, 11) is 0. The molecule has 0 saturated carbocycles. The fourth-order valence-corrected chi connectivity index (χ4v) is 0.405. The zero-order valence-electron chi connectivity index (χ0n) is 8.99. The van der Waals surface area contributed by atoms with Gasteiger partial charge >= 0.3 is 24.1 Å². The molecule has 11 heteroatoms. The van der Waals surface area contributed by atoms with Crippen LogP contribution in [-0.2, 0) is 14.4 Å². The molecule has 0 atom stereocenters. The Labute approximate surface area is 99.0 Å². The minimum absolute atomic E-state index is 0.177. The van der Waals surface area contributed by atoms with Gasteiger partial charge in [0, 0.05) is 6.42 Å². The van der Waals surface area contributed by atoms with Crippen LogP contribution in [0.4, 0.5) is 18.0 Å². The number of amides is 2. The molecular weight excluding hydrogens is 263 g/mol. The van der Waals surface area contributed by atoms with Gasteiger partial charge in [-0.15, -0.1) is 0 Å². The minimum atomic E-state index is -5.08. The lowest BCUT2D eigenvalue weighted by Crippen LogP contribution is -2.31. The van der Waals surface area contributed by atoms with E-state index in [1.54, 1.807) is 5.48 Å². The van der Waals surface area contributed by atoms with E-state index in [1.165, 1.54) is 0 Å². The molecule has 0 bridgehead atoms. The second-order valence-corrected chi connectivity index (χ2v) is 2.64. The third kappa shape index (κ3) is 14.0. The summed E-state index contributed by atoms with van der Waals surface area (Å²) in [5.74, 6) is -3.30. The number of carbonyl (C=O) groups excluding carboxylic acids is 2. The van der Waals surface area contributed by atoms with Crippen molar-refractivity contribution in [2.45, 2.75) is 19.0 Å². The largest absolute Gasteiger partial charge is 0.490 e. The number of alkyl halides is 3. The quantitative estimate of drug-likeness (QED) is 0.510. The van der Waals surface area contributed by atoms with Crippen LogP contribution < -0.4 is 16.9 Å². The average molecular weight is 275 g/mol. The fraction of sp³-hybridized carbons (Fsp3) is 0.571.